The number of hydrogen-bond acceptors (Lipinski definition) is 5. The summed E-state index contributed by atoms with van der Waals surface area (Å²) in [5, 5.41) is 28.0. The summed E-state index contributed by atoms with van der Waals surface area (Å²) in [6.45, 7) is 5.33. The van der Waals surface area contributed by atoms with Gasteiger partial charge in [-0.25, -0.2) is 9.07 Å². The summed E-state index contributed by atoms with van der Waals surface area (Å²) in [6.07, 6.45) is 2.29. The van der Waals surface area contributed by atoms with Gasteiger partial charge in [0.1, 0.15) is 17.1 Å². The van der Waals surface area contributed by atoms with Crippen LogP contribution in [0.2, 0.25) is 0 Å². The van der Waals surface area contributed by atoms with Gasteiger partial charge < -0.3 is 5.11 Å². The molecular formula is C17H20FN5O. The fraction of sp³-hybridized carbons (Fsp3) is 0.471. The van der Waals surface area contributed by atoms with Crippen LogP contribution in [0.15, 0.2) is 24.4 Å². The molecule has 1 aromatic carbocycles. The third-order valence-electron chi connectivity index (χ3n) is 4.41. The van der Waals surface area contributed by atoms with Crippen molar-refractivity contribution >= 4 is 0 Å². The molecule has 2 aromatic rings. The van der Waals surface area contributed by atoms with Gasteiger partial charge >= 0.3 is 0 Å². The summed E-state index contributed by atoms with van der Waals surface area (Å²) in [4.78, 5) is 1.97. The molecule has 1 fully saturated rings. The average molecular weight is 329 g/mol. The first-order chi connectivity index (χ1) is 11.4. The van der Waals surface area contributed by atoms with Crippen LogP contribution in [0.4, 0.5) is 4.39 Å². The number of likely N-dealkylation sites (tertiary alicyclic amines) is 1. The molecule has 0 spiro atoms. The highest BCUT2D eigenvalue weighted by Crippen LogP contribution is 2.32. The molecule has 126 valence electrons. The lowest BCUT2D eigenvalue weighted by molar-refractivity contribution is 0.0407. The van der Waals surface area contributed by atoms with Crippen molar-refractivity contribution in [2.24, 2.45) is 0 Å². The summed E-state index contributed by atoms with van der Waals surface area (Å²) in [5.74, 6) is -0.338. The second kappa shape index (κ2) is 6.30. The van der Waals surface area contributed by atoms with Crippen LogP contribution < -0.4 is 0 Å². The molecule has 1 aliphatic heterocycles. The Morgan fingerprint density at radius 1 is 1.46 bits per heavy atom. The minimum Gasteiger partial charge on any atom is -0.382 e. The van der Waals surface area contributed by atoms with Gasteiger partial charge in [0.2, 0.25) is 0 Å². The SMILES string of the molecule is CC(C)n1cc([C@]2(O)CCN(Cc3cc(C#N)ccc3F)C2)nn1. The number of nitrogens with zero attached hydrogens (tertiary/aromatic N) is 5. The van der Waals surface area contributed by atoms with E-state index in [1.54, 1.807) is 16.9 Å². The van der Waals surface area contributed by atoms with Crippen LogP contribution in [-0.2, 0) is 12.1 Å². The van der Waals surface area contributed by atoms with Crippen molar-refractivity contribution in [1.82, 2.24) is 19.9 Å². The lowest BCUT2D eigenvalue weighted by Gasteiger charge is -2.21. The van der Waals surface area contributed by atoms with Gasteiger partial charge in [0.25, 0.3) is 0 Å². The predicted octanol–water partition coefficient (Wildman–Crippen LogP) is 1.96. The van der Waals surface area contributed by atoms with Crippen LogP contribution in [0.5, 0.6) is 0 Å². The number of β-amino-alcohol motifs (C(OH)–C–C–N with tert-alkyl or cyclic N) is 1. The van der Waals surface area contributed by atoms with Gasteiger partial charge in [0, 0.05) is 31.2 Å². The maximum Gasteiger partial charge on any atom is 0.127 e. The zero-order valence-electron chi connectivity index (χ0n) is 13.8. The first-order valence-corrected chi connectivity index (χ1v) is 7.97. The molecule has 0 bridgehead atoms. The Kier molecular flexibility index (Phi) is 4.35. The van der Waals surface area contributed by atoms with Crippen LogP contribution in [0.25, 0.3) is 0 Å². The van der Waals surface area contributed by atoms with Gasteiger partial charge in [-0.05, 0) is 38.5 Å². The molecular weight excluding hydrogens is 309 g/mol. The van der Waals surface area contributed by atoms with Crippen molar-refractivity contribution in [2.75, 3.05) is 13.1 Å². The molecule has 6 nitrogen and oxygen atoms in total. The van der Waals surface area contributed by atoms with E-state index in [2.05, 4.69) is 10.3 Å². The summed E-state index contributed by atoms with van der Waals surface area (Å²) >= 11 is 0. The van der Waals surface area contributed by atoms with Gasteiger partial charge in [0.15, 0.2) is 0 Å². The highest BCUT2D eigenvalue weighted by molar-refractivity contribution is 5.33. The zero-order valence-corrected chi connectivity index (χ0v) is 13.8. The lowest BCUT2D eigenvalue weighted by atomic mass is 10.00. The van der Waals surface area contributed by atoms with E-state index in [4.69, 9.17) is 5.26 Å². The molecule has 0 unspecified atom stereocenters. The number of aromatic nitrogens is 3. The van der Waals surface area contributed by atoms with E-state index in [0.29, 0.717) is 42.9 Å². The van der Waals surface area contributed by atoms with Crippen LogP contribution in [0.1, 0.15) is 43.1 Å². The molecule has 3 rings (SSSR count). The Morgan fingerprint density at radius 2 is 2.25 bits per heavy atom. The second-order valence-electron chi connectivity index (χ2n) is 6.59. The molecule has 1 N–H and O–H groups in total. The molecule has 1 aromatic heterocycles. The molecule has 24 heavy (non-hydrogen) atoms. The third kappa shape index (κ3) is 3.16. The molecule has 1 aliphatic rings. The Labute approximate surface area is 140 Å². The van der Waals surface area contributed by atoms with Gasteiger partial charge in [-0.2, -0.15) is 5.26 Å². The average Bonchev–Trinajstić information content (AvgIpc) is 3.18. The quantitative estimate of drug-likeness (QED) is 0.928. The van der Waals surface area contributed by atoms with Crippen LogP contribution >= 0.6 is 0 Å². The van der Waals surface area contributed by atoms with Crippen molar-refractivity contribution in [1.29, 1.82) is 5.26 Å². The number of hydrogen-bond donors (Lipinski definition) is 1. The Morgan fingerprint density at radius 3 is 2.92 bits per heavy atom. The maximum absolute atomic E-state index is 13.9. The molecule has 0 saturated carbocycles. The minimum atomic E-state index is -1.07. The molecule has 0 aliphatic carbocycles. The first kappa shape index (κ1) is 16.6. The number of benzene rings is 1. The topological polar surface area (TPSA) is 78.0 Å². The summed E-state index contributed by atoms with van der Waals surface area (Å²) in [7, 11) is 0. The van der Waals surface area contributed by atoms with Gasteiger partial charge in [-0.15, -0.1) is 5.10 Å². The largest absolute Gasteiger partial charge is 0.382 e. The highest BCUT2D eigenvalue weighted by Gasteiger charge is 2.40. The number of aliphatic hydroxyl groups is 1. The van der Waals surface area contributed by atoms with E-state index in [-0.39, 0.29) is 11.9 Å². The molecule has 0 radical (unpaired) electrons. The summed E-state index contributed by atoms with van der Waals surface area (Å²) < 4.78 is 15.7. The molecule has 0 amide bonds. The second-order valence-corrected chi connectivity index (χ2v) is 6.59. The Hall–Kier alpha value is -2.30. The third-order valence-corrected chi connectivity index (χ3v) is 4.41. The maximum atomic E-state index is 13.9. The number of halogens is 1. The lowest BCUT2D eigenvalue weighted by Crippen LogP contribution is -2.31. The fourth-order valence-electron chi connectivity index (χ4n) is 2.96. The normalized spacial score (nSPS) is 21.3. The summed E-state index contributed by atoms with van der Waals surface area (Å²) in [6, 6.07) is 6.52. The van der Waals surface area contributed by atoms with E-state index in [1.807, 2.05) is 24.8 Å². The molecule has 2 heterocycles. The van der Waals surface area contributed by atoms with Crippen molar-refractivity contribution in [3.63, 3.8) is 0 Å². The minimum absolute atomic E-state index is 0.176. The fourth-order valence-corrected chi connectivity index (χ4v) is 2.96. The van der Waals surface area contributed by atoms with E-state index in [1.165, 1.54) is 12.1 Å². The van der Waals surface area contributed by atoms with Crippen LogP contribution in [0.3, 0.4) is 0 Å². The Bertz CT molecular complexity index is 782. The Balaban J connectivity index is 1.74. The van der Waals surface area contributed by atoms with Gasteiger partial charge in [-0.3, -0.25) is 4.90 Å². The van der Waals surface area contributed by atoms with Crippen molar-refractivity contribution in [3.8, 4) is 6.07 Å². The highest BCUT2D eigenvalue weighted by atomic mass is 19.1. The van der Waals surface area contributed by atoms with E-state index < -0.39 is 5.60 Å². The molecule has 7 heteroatoms. The zero-order chi connectivity index (χ0) is 17.3. The van der Waals surface area contributed by atoms with Crippen molar-refractivity contribution in [2.45, 2.75) is 38.5 Å². The number of rotatable bonds is 4. The number of nitriles is 1. The van der Waals surface area contributed by atoms with Crippen LogP contribution in [0, 0.1) is 17.1 Å². The predicted molar refractivity (Wildman–Crippen MR) is 85.3 cm³/mol. The van der Waals surface area contributed by atoms with Crippen molar-refractivity contribution < 1.29 is 9.50 Å². The first-order valence-electron chi connectivity index (χ1n) is 7.97. The van der Waals surface area contributed by atoms with Crippen LogP contribution in [-0.4, -0.2) is 38.1 Å². The van der Waals surface area contributed by atoms with E-state index in [9.17, 15) is 9.50 Å². The molecule has 1 saturated heterocycles. The van der Waals surface area contributed by atoms with E-state index >= 15 is 0 Å². The smallest absolute Gasteiger partial charge is 0.127 e. The van der Waals surface area contributed by atoms with Gasteiger partial charge in [0.05, 0.1) is 17.8 Å². The monoisotopic (exact) mass is 329 g/mol. The summed E-state index contributed by atoms with van der Waals surface area (Å²) in [5.41, 5.74) is 0.367. The molecule has 1 atom stereocenters. The standard InChI is InChI=1S/C17H20FN5O/c1-12(2)23-10-16(20-21-23)17(24)5-6-22(11-17)9-14-7-13(8-19)3-4-15(14)18/h3-4,7,10,12,24H,5-6,9,11H2,1-2H3/t17-/m0/s1. The van der Waals surface area contributed by atoms with Crippen molar-refractivity contribution in [3.05, 3.63) is 47.0 Å². The van der Waals surface area contributed by atoms with E-state index in [0.717, 1.165) is 0 Å². The van der Waals surface area contributed by atoms with Gasteiger partial charge in [-0.1, -0.05) is 5.21 Å².